The van der Waals surface area contributed by atoms with Gasteiger partial charge in [0.05, 0.1) is 24.7 Å². The van der Waals surface area contributed by atoms with Gasteiger partial charge in [-0.2, -0.15) is 0 Å². The molecule has 2 aromatic rings. The molecule has 2 rings (SSSR count). The van der Waals surface area contributed by atoms with Crippen LogP contribution in [0.2, 0.25) is 0 Å². The summed E-state index contributed by atoms with van der Waals surface area (Å²) < 4.78 is 16.8. The fourth-order valence-corrected chi connectivity index (χ4v) is 3.09. The van der Waals surface area contributed by atoms with Gasteiger partial charge in [-0.3, -0.25) is 0 Å². The van der Waals surface area contributed by atoms with Gasteiger partial charge in [-0.15, -0.1) is 6.42 Å². The zero-order valence-electron chi connectivity index (χ0n) is 16.0. The van der Waals surface area contributed by atoms with Gasteiger partial charge < -0.3 is 24.8 Å². The second-order valence-electron chi connectivity index (χ2n) is 5.92. The molecule has 0 saturated carbocycles. The number of rotatable bonds is 8. The number of ether oxygens (including phenoxy) is 3. The molecule has 28 heavy (non-hydrogen) atoms. The molecule has 1 unspecified atom stereocenters. The highest BCUT2D eigenvalue weighted by molar-refractivity contribution is 9.10. The number of hydrogen-bond acceptors (Lipinski definition) is 4. The fourth-order valence-electron chi connectivity index (χ4n) is 2.53. The lowest BCUT2D eigenvalue weighted by atomic mass is 10.1. The molecule has 0 aliphatic heterocycles. The van der Waals surface area contributed by atoms with Gasteiger partial charge in [0.15, 0.2) is 11.5 Å². The maximum absolute atomic E-state index is 12.2. The Hall–Kier alpha value is -2.85. The van der Waals surface area contributed by atoms with Crippen LogP contribution in [0.1, 0.15) is 24.1 Å². The largest absolute Gasteiger partial charge is 0.496 e. The first-order chi connectivity index (χ1) is 13.5. The van der Waals surface area contributed by atoms with Gasteiger partial charge in [-0.05, 0) is 58.2 Å². The number of amides is 2. The molecule has 0 saturated heterocycles. The summed E-state index contributed by atoms with van der Waals surface area (Å²) in [5, 5.41) is 5.74. The quantitative estimate of drug-likeness (QED) is 0.600. The van der Waals surface area contributed by atoms with E-state index in [0.29, 0.717) is 18.0 Å². The monoisotopic (exact) mass is 446 g/mol. The number of methoxy groups -OCH3 is 2. The van der Waals surface area contributed by atoms with Crippen molar-refractivity contribution in [2.24, 2.45) is 0 Å². The van der Waals surface area contributed by atoms with E-state index in [9.17, 15) is 4.79 Å². The summed E-state index contributed by atoms with van der Waals surface area (Å²) in [6, 6.07) is 10.7. The van der Waals surface area contributed by atoms with Gasteiger partial charge in [0.2, 0.25) is 0 Å². The summed E-state index contributed by atoms with van der Waals surface area (Å²) in [5.74, 6) is 4.28. The second-order valence-corrected chi connectivity index (χ2v) is 6.78. The van der Waals surface area contributed by atoms with E-state index in [1.165, 1.54) is 0 Å². The van der Waals surface area contributed by atoms with E-state index in [-0.39, 0.29) is 18.7 Å². The van der Waals surface area contributed by atoms with Crippen molar-refractivity contribution in [2.75, 3.05) is 20.8 Å². The summed E-state index contributed by atoms with van der Waals surface area (Å²) in [4.78, 5) is 12.2. The molecule has 0 spiro atoms. The van der Waals surface area contributed by atoms with Gasteiger partial charge in [0, 0.05) is 6.54 Å². The van der Waals surface area contributed by atoms with Gasteiger partial charge in [-0.1, -0.05) is 18.1 Å². The molecule has 1 atom stereocenters. The molecule has 0 bridgehead atoms. The number of hydrogen-bond donors (Lipinski definition) is 2. The first-order valence-corrected chi connectivity index (χ1v) is 9.38. The van der Waals surface area contributed by atoms with Crippen molar-refractivity contribution in [3.05, 3.63) is 52.0 Å². The van der Waals surface area contributed by atoms with Crippen LogP contribution in [-0.2, 0) is 6.54 Å². The predicted octanol–water partition coefficient (Wildman–Crippen LogP) is 4.04. The molecule has 0 aromatic heterocycles. The van der Waals surface area contributed by atoms with Crippen molar-refractivity contribution in [1.29, 1.82) is 0 Å². The van der Waals surface area contributed by atoms with E-state index in [2.05, 4.69) is 32.5 Å². The van der Waals surface area contributed by atoms with Crippen molar-refractivity contribution in [3.63, 3.8) is 0 Å². The fraction of sp³-hybridized carbons (Fsp3) is 0.286. The van der Waals surface area contributed by atoms with Crippen LogP contribution in [0.3, 0.4) is 0 Å². The van der Waals surface area contributed by atoms with E-state index >= 15 is 0 Å². The lowest BCUT2D eigenvalue weighted by molar-refractivity contribution is 0.237. The number of terminal acetylenes is 1. The molecule has 7 heteroatoms. The van der Waals surface area contributed by atoms with Crippen LogP contribution < -0.4 is 24.8 Å². The van der Waals surface area contributed by atoms with Crippen molar-refractivity contribution < 1.29 is 19.0 Å². The third-order valence-electron chi connectivity index (χ3n) is 4.02. The zero-order chi connectivity index (χ0) is 20.5. The SMILES string of the molecule is C#CCOc1cc(CNC(=O)NC(C)c2ccc(OC)c(Br)c2)ccc1OC. The lowest BCUT2D eigenvalue weighted by Crippen LogP contribution is -2.36. The Kier molecular flexibility index (Phi) is 8.02. The van der Waals surface area contributed by atoms with Crippen LogP contribution in [0.25, 0.3) is 0 Å². The van der Waals surface area contributed by atoms with Crippen molar-refractivity contribution >= 4 is 22.0 Å². The van der Waals surface area contributed by atoms with Crippen molar-refractivity contribution in [2.45, 2.75) is 19.5 Å². The van der Waals surface area contributed by atoms with E-state index in [0.717, 1.165) is 21.3 Å². The molecular formula is C21H23BrN2O4. The number of carbonyl (C=O) groups excluding carboxylic acids is 1. The van der Waals surface area contributed by atoms with Crippen molar-refractivity contribution in [3.8, 4) is 29.6 Å². The molecule has 2 aromatic carbocycles. The average Bonchev–Trinajstić information content (AvgIpc) is 2.70. The normalized spacial score (nSPS) is 11.1. The number of urea groups is 1. The van der Waals surface area contributed by atoms with Crippen LogP contribution in [0.4, 0.5) is 4.79 Å². The van der Waals surface area contributed by atoms with Gasteiger partial charge >= 0.3 is 6.03 Å². The smallest absolute Gasteiger partial charge is 0.315 e. The maximum Gasteiger partial charge on any atom is 0.315 e. The minimum absolute atomic E-state index is 0.142. The molecule has 0 fully saturated rings. The summed E-state index contributed by atoms with van der Waals surface area (Å²) in [6.45, 7) is 2.39. The Morgan fingerprint density at radius 1 is 1.14 bits per heavy atom. The summed E-state index contributed by atoms with van der Waals surface area (Å²) in [7, 11) is 3.17. The third-order valence-corrected chi connectivity index (χ3v) is 4.64. The van der Waals surface area contributed by atoms with Gasteiger partial charge in [0.25, 0.3) is 0 Å². The van der Waals surface area contributed by atoms with E-state index in [4.69, 9.17) is 20.6 Å². The Balaban J connectivity index is 1.94. The Bertz CT molecular complexity index is 864. The van der Waals surface area contributed by atoms with E-state index in [1.54, 1.807) is 26.4 Å². The topological polar surface area (TPSA) is 68.8 Å². The number of carbonyl (C=O) groups is 1. The minimum Gasteiger partial charge on any atom is -0.496 e. The molecule has 0 radical (unpaired) electrons. The molecule has 2 amide bonds. The van der Waals surface area contributed by atoms with Crippen LogP contribution >= 0.6 is 15.9 Å². The van der Waals surface area contributed by atoms with Gasteiger partial charge in [-0.25, -0.2) is 4.79 Å². The highest BCUT2D eigenvalue weighted by Gasteiger charge is 2.12. The predicted molar refractivity (Wildman–Crippen MR) is 112 cm³/mol. The molecule has 0 aliphatic carbocycles. The zero-order valence-corrected chi connectivity index (χ0v) is 17.6. The highest BCUT2D eigenvalue weighted by Crippen LogP contribution is 2.29. The average molecular weight is 447 g/mol. The molecule has 6 nitrogen and oxygen atoms in total. The standard InChI is InChI=1S/C21H23BrN2O4/c1-5-10-28-20-11-15(6-8-19(20)27-4)13-23-21(25)24-14(2)16-7-9-18(26-3)17(22)12-16/h1,6-9,11-12,14H,10,13H2,2-4H3,(H2,23,24,25). The van der Waals surface area contributed by atoms with Gasteiger partial charge in [0.1, 0.15) is 12.4 Å². The van der Waals surface area contributed by atoms with Crippen molar-refractivity contribution in [1.82, 2.24) is 10.6 Å². The summed E-state index contributed by atoms with van der Waals surface area (Å²) in [6.07, 6.45) is 5.23. The van der Waals surface area contributed by atoms with Crippen LogP contribution in [0.15, 0.2) is 40.9 Å². The molecular weight excluding hydrogens is 424 g/mol. The number of nitrogens with one attached hydrogen (secondary N) is 2. The third kappa shape index (κ3) is 5.83. The Morgan fingerprint density at radius 2 is 1.86 bits per heavy atom. The lowest BCUT2D eigenvalue weighted by Gasteiger charge is -2.16. The first-order valence-electron chi connectivity index (χ1n) is 8.59. The number of benzene rings is 2. The molecule has 0 aliphatic rings. The van der Waals surface area contributed by atoms with Crippen LogP contribution in [0, 0.1) is 12.3 Å². The summed E-state index contributed by atoms with van der Waals surface area (Å²) in [5.41, 5.74) is 1.82. The molecule has 2 N–H and O–H groups in total. The Morgan fingerprint density at radius 3 is 2.50 bits per heavy atom. The first kappa shape index (κ1) is 21.5. The van der Waals surface area contributed by atoms with Crippen LogP contribution in [-0.4, -0.2) is 26.9 Å². The van der Waals surface area contributed by atoms with E-state index in [1.807, 2.05) is 31.2 Å². The minimum atomic E-state index is -0.277. The molecule has 148 valence electrons. The van der Waals surface area contributed by atoms with Crippen LogP contribution in [0.5, 0.6) is 17.2 Å². The second kappa shape index (κ2) is 10.5. The number of halogens is 1. The Labute approximate surface area is 173 Å². The summed E-state index contributed by atoms with van der Waals surface area (Å²) >= 11 is 3.45. The highest BCUT2D eigenvalue weighted by atomic mass is 79.9. The van der Waals surface area contributed by atoms with E-state index < -0.39 is 0 Å². The maximum atomic E-state index is 12.2. The molecule has 0 heterocycles.